The summed E-state index contributed by atoms with van der Waals surface area (Å²) in [6, 6.07) is 9.59. The molecule has 5 heteroatoms. The average molecular weight is 277 g/mol. The van der Waals surface area contributed by atoms with E-state index in [1.54, 1.807) is 31.2 Å². The Hall–Kier alpha value is -2.20. The fourth-order valence-corrected chi connectivity index (χ4v) is 1.74. The maximum Gasteiger partial charge on any atom is 0.255 e. The van der Waals surface area contributed by atoms with Crippen LogP contribution in [0.1, 0.15) is 15.9 Å². The SMILES string of the molecule is Cc1ccc(NC(=O)c2ccc(N)c(Cl)c2)cc1O. The van der Waals surface area contributed by atoms with Gasteiger partial charge in [-0.25, -0.2) is 0 Å². The first kappa shape index (κ1) is 13.2. The molecule has 1 amide bonds. The van der Waals surface area contributed by atoms with E-state index in [1.807, 2.05) is 0 Å². The van der Waals surface area contributed by atoms with Gasteiger partial charge in [-0.05, 0) is 36.8 Å². The summed E-state index contributed by atoms with van der Waals surface area (Å²) in [5.41, 5.74) is 7.66. The Morgan fingerprint density at radius 1 is 1.26 bits per heavy atom. The molecule has 0 aliphatic rings. The molecule has 98 valence electrons. The van der Waals surface area contributed by atoms with Gasteiger partial charge in [-0.2, -0.15) is 0 Å². The molecule has 0 atom stereocenters. The minimum atomic E-state index is -0.315. The molecule has 4 nitrogen and oxygen atoms in total. The van der Waals surface area contributed by atoms with Gasteiger partial charge >= 0.3 is 0 Å². The second-order valence-electron chi connectivity index (χ2n) is 4.19. The summed E-state index contributed by atoms with van der Waals surface area (Å²) in [6.45, 7) is 1.78. The number of amides is 1. The number of carbonyl (C=O) groups excluding carboxylic acids is 1. The van der Waals surface area contributed by atoms with Crippen molar-refractivity contribution in [1.82, 2.24) is 0 Å². The van der Waals surface area contributed by atoms with Crippen molar-refractivity contribution < 1.29 is 9.90 Å². The number of rotatable bonds is 2. The van der Waals surface area contributed by atoms with Crippen LogP contribution < -0.4 is 11.1 Å². The van der Waals surface area contributed by atoms with E-state index in [-0.39, 0.29) is 11.7 Å². The van der Waals surface area contributed by atoms with E-state index in [0.29, 0.717) is 22.0 Å². The third kappa shape index (κ3) is 2.98. The number of aromatic hydroxyl groups is 1. The number of phenols is 1. The van der Waals surface area contributed by atoms with Gasteiger partial charge < -0.3 is 16.2 Å². The van der Waals surface area contributed by atoms with Crippen molar-refractivity contribution in [2.45, 2.75) is 6.92 Å². The molecule has 0 fully saturated rings. The van der Waals surface area contributed by atoms with Crippen LogP contribution in [0.15, 0.2) is 36.4 Å². The number of halogens is 1. The zero-order valence-corrected chi connectivity index (χ0v) is 11.0. The van der Waals surface area contributed by atoms with Crippen LogP contribution in [-0.4, -0.2) is 11.0 Å². The number of hydrogen-bond donors (Lipinski definition) is 3. The number of nitrogens with two attached hydrogens (primary N) is 1. The summed E-state index contributed by atoms with van der Waals surface area (Å²) in [5.74, 6) is -0.182. The Morgan fingerprint density at radius 3 is 2.63 bits per heavy atom. The number of anilines is 2. The first-order valence-electron chi connectivity index (χ1n) is 5.63. The van der Waals surface area contributed by atoms with Crippen molar-refractivity contribution in [1.29, 1.82) is 0 Å². The molecule has 2 rings (SSSR count). The average Bonchev–Trinajstić information content (AvgIpc) is 2.37. The van der Waals surface area contributed by atoms with Gasteiger partial charge in [0.25, 0.3) is 5.91 Å². The maximum atomic E-state index is 12.0. The van der Waals surface area contributed by atoms with E-state index in [0.717, 1.165) is 5.56 Å². The van der Waals surface area contributed by atoms with E-state index in [4.69, 9.17) is 17.3 Å². The third-order valence-electron chi connectivity index (χ3n) is 2.73. The largest absolute Gasteiger partial charge is 0.508 e. The second kappa shape index (κ2) is 5.20. The molecule has 0 bridgehead atoms. The van der Waals surface area contributed by atoms with Gasteiger partial charge in [-0.3, -0.25) is 4.79 Å². The Kier molecular flexibility index (Phi) is 3.62. The molecular weight excluding hydrogens is 264 g/mol. The molecule has 0 heterocycles. The van der Waals surface area contributed by atoms with E-state index in [1.165, 1.54) is 12.1 Å². The summed E-state index contributed by atoms with van der Waals surface area (Å²) in [5, 5.41) is 12.6. The first-order valence-corrected chi connectivity index (χ1v) is 6.01. The highest BCUT2D eigenvalue weighted by molar-refractivity contribution is 6.33. The van der Waals surface area contributed by atoms with Crippen molar-refractivity contribution >= 4 is 28.9 Å². The summed E-state index contributed by atoms with van der Waals surface area (Å²) in [6.07, 6.45) is 0. The molecule has 19 heavy (non-hydrogen) atoms. The fraction of sp³-hybridized carbons (Fsp3) is 0.0714. The smallest absolute Gasteiger partial charge is 0.255 e. The standard InChI is InChI=1S/C14H13ClN2O2/c1-8-2-4-10(7-13(8)18)17-14(19)9-3-5-12(16)11(15)6-9/h2-7,18H,16H2,1H3,(H,17,19). The quantitative estimate of drug-likeness (QED) is 0.737. The highest BCUT2D eigenvalue weighted by Crippen LogP contribution is 2.23. The summed E-state index contributed by atoms with van der Waals surface area (Å²) in [7, 11) is 0. The van der Waals surface area contributed by atoms with E-state index in [9.17, 15) is 9.90 Å². The van der Waals surface area contributed by atoms with Gasteiger partial charge in [-0.15, -0.1) is 0 Å². The van der Waals surface area contributed by atoms with Crippen molar-refractivity contribution in [3.63, 3.8) is 0 Å². The van der Waals surface area contributed by atoms with Gasteiger partial charge in [0, 0.05) is 17.3 Å². The lowest BCUT2D eigenvalue weighted by atomic mass is 10.1. The summed E-state index contributed by atoms with van der Waals surface area (Å²) < 4.78 is 0. The molecule has 4 N–H and O–H groups in total. The zero-order chi connectivity index (χ0) is 14.0. The Labute approximate surface area is 115 Å². The van der Waals surface area contributed by atoms with Crippen LogP contribution >= 0.6 is 11.6 Å². The lowest BCUT2D eigenvalue weighted by Crippen LogP contribution is -2.12. The molecule has 0 spiro atoms. The number of nitrogens with one attached hydrogen (secondary N) is 1. The summed E-state index contributed by atoms with van der Waals surface area (Å²) >= 11 is 5.86. The van der Waals surface area contributed by atoms with Crippen LogP contribution in [0.4, 0.5) is 11.4 Å². The molecule has 0 aromatic heterocycles. The van der Waals surface area contributed by atoms with E-state index >= 15 is 0 Å². The van der Waals surface area contributed by atoms with Gasteiger partial charge in [-0.1, -0.05) is 17.7 Å². The molecule has 0 aliphatic heterocycles. The Morgan fingerprint density at radius 2 is 2.00 bits per heavy atom. The highest BCUT2D eigenvalue weighted by atomic mass is 35.5. The van der Waals surface area contributed by atoms with E-state index < -0.39 is 0 Å². The molecule has 0 aliphatic carbocycles. The minimum Gasteiger partial charge on any atom is -0.508 e. The molecule has 0 radical (unpaired) electrons. The minimum absolute atomic E-state index is 0.133. The monoisotopic (exact) mass is 276 g/mol. The van der Waals surface area contributed by atoms with Gasteiger partial charge in [0.2, 0.25) is 0 Å². The Bertz CT molecular complexity index is 641. The van der Waals surface area contributed by atoms with Crippen molar-refractivity contribution in [2.75, 3.05) is 11.1 Å². The van der Waals surface area contributed by atoms with Crippen LogP contribution in [0.5, 0.6) is 5.75 Å². The van der Waals surface area contributed by atoms with E-state index in [2.05, 4.69) is 5.32 Å². The number of carbonyl (C=O) groups is 1. The van der Waals surface area contributed by atoms with Crippen LogP contribution in [0.3, 0.4) is 0 Å². The van der Waals surface area contributed by atoms with Crippen LogP contribution in [-0.2, 0) is 0 Å². The number of phenolic OH excluding ortho intramolecular Hbond substituents is 1. The molecular formula is C14H13ClN2O2. The Balaban J connectivity index is 2.20. The van der Waals surface area contributed by atoms with Crippen molar-refractivity contribution in [2.24, 2.45) is 0 Å². The molecule has 0 saturated carbocycles. The summed E-state index contributed by atoms with van der Waals surface area (Å²) in [4.78, 5) is 12.0. The van der Waals surface area contributed by atoms with Crippen LogP contribution in [0, 0.1) is 6.92 Å². The van der Waals surface area contributed by atoms with Gasteiger partial charge in [0.05, 0.1) is 10.7 Å². The van der Waals surface area contributed by atoms with Crippen molar-refractivity contribution in [3.8, 4) is 5.75 Å². The topological polar surface area (TPSA) is 75.4 Å². The predicted octanol–water partition coefficient (Wildman–Crippen LogP) is 3.19. The maximum absolute atomic E-state index is 12.0. The van der Waals surface area contributed by atoms with Crippen molar-refractivity contribution in [3.05, 3.63) is 52.5 Å². The second-order valence-corrected chi connectivity index (χ2v) is 4.60. The van der Waals surface area contributed by atoms with Crippen LogP contribution in [0.25, 0.3) is 0 Å². The number of benzene rings is 2. The first-order chi connectivity index (χ1) is 8.97. The lowest BCUT2D eigenvalue weighted by molar-refractivity contribution is 0.102. The lowest BCUT2D eigenvalue weighted by Gasteiger charge is -2.08. The van der Waals surface area contributed by atoms with Gasteiger partial charge in [0.1, 0.15) is 5.75 Å². The van der Waals surface area contributed by atoms with Gasteiger partial charge in [0.15, 0.2) is 0 Å². The normalized spacial score (nSPS) is 10.2. The molecule has 2 aromatic carbocycles. The molecule has 2 aromatic rings. The highest BCUT2D eigenvalue weighted by Gasteiger charge is 2.08. The zero-order valence-electron chi connectivity index (χ0n) is 10.3. The molecule has 0 unspecified atom stereocenters. The number of aryl methyl sites for hydroxylation is 1. The molecule has 0 saturated heterocycles. The number of nitrogen functional groups attached to an aromatic ring is 1. The third-order valence-corrected chi connectivity index (χ3v) is 3.06. The fourth-order valence-electron chi connectivity index (χ4n) is 1.56. The number of hydrogen-bond acceptors (Lipinski definition) is 3. The predicted molar refractivity (Wildman–Crippen MR) is 76.7 cm³/mol. The van der Waals surface area contributed by atoms with Crippen LogP contribution in [0.2, 0.25) is 5.02 Å².